The van der Waals surface area contributed by atoms with E-state index in [-0.39, 0.29) is 11.9 Å². The van der Waals surface area contributed by atoms with Crippen LogP contribution < -0.4 is 11.1 Å². The maximum atomic E-state index is 11.8. The lowest BCUT2D eigenvalue weighted by Gasteiger charge is -2.11. The molecule has 2 aromatic rings. The number of aromatic nitrogens is 3. The molecule has 0 aliphatic rings. The number of anilines is 1. The number of pyridine rings is 1. The maximum Gasteiger partial charge on any atom is 0.270 e. The number of carbonyl (C=O) groups is 1. The number of nitrogens with one attached hydrogen (secondary N) is 2. The molecule has 2 aromatic heterocycles. The van der Waals surface area contributed by atoms with Gasteiger partial charge in [-0.15, -0.1) is 0 Å². The first-order valence-electron chi connectivity index (χ1n) is 5.18. The molecule has 0 radical (unpaired) electrons. The summed E-state index contributed by atoms with van der Waals surface area (Å²) in [7, 11) is 0. The fraction of sp³-hybridized carbons (Fsp3) is 0.182. The van der Waals surface area contributed by atoms with Crippen molar-refractivity contribution in [3.63, 3.8) is 0 Å². The van der Waals surface area contributed by atoms with Crippen LogP contribution in [0.2, 0.25) is 0 Å². The van der Waals surface area contributed by atoms with Crippen LogP contribution in [0.25, 0.3) is 0 Å². The van der Waals surface area contributed by atoms with Gasteiger partial charge in [-0.2, -0.15) is 5.10 Å². The van der Waals surface area contributed by atoms with Crippen molar-refractivity contribution in [1.82, 2.24) is 20.5 Å². The zero-order valence-electron chi connectivity index (χ0n) is 9.34. The Kier molecular flexibility index (Phi) is 3.04. The van der Waals surface area contributed by atoms with Gasteiger partial charge in [0.05, 0.1) is 12.2 Å². The molecule has 2 heterocycles. The molecule has 2 rings (SSSR count). The second-order valence-electron chi connectivity index (χ2n) is 3.70. The largest absolute Gasteiger partial charge is 0.399 e. The first-order valence-corrected chi connectivity index (χ1v) is 5.18. The highest BCUT2D eigenvalue weighted by molar-refractivity contribution is 5.93. The molecule has 6 nitrogen and oxygen atoms in total. The van der Waals surface area contributed by atoms with Crippen molar-refractivity contribution in [1.29, 1.82) is 0 Å². The average molecular weight is 231 g/mol. The standard InChI is InChI=1S/C11H13N5O/c1-7(8-5-14-15-6-8)16-11(17)10-4-9(12)2-3-13-10/h2-7H,1H3,(H2,12,13)(H,14,15)(H,16,17). The number of carbonyl (C=O) groups excluding carboxylic acids is 1. The lowest BCUT2D eigenvalue weighted by molar-refractivity contribution is 0.0935. The number of hydrogen-bond donors (Lipinski definition) is 3. The number of nitrogens with two attached hydrogens (primary N) is 1. The average Bonchev–Trinajstić information content (AvgIpc) is 2.82. The highest BCUT2D eigenvalue weighted by Gasteiger charge is 2.13. The van der Waals surface area contributed by atoms with Crippen LogP contribution in [0.15, 0.2) is 30.7 Å². The van der Waals surface area contributed by atoms with E-state index >= 15 is 0 Å². The smallest absolute Gasteiger partial charge is 0.270 e. The number of rotatable bonds is 3. The summed E-state index contributed by atoms with van der Waals surface area (Å²) in [5, 5.41) is 9.33. The molecular formula is C11H13N5O. The van der Waals surface area contributed by atoms with Crippen molar-refractivity contribution in [3.05, 3.63) is 42.0 Å². The first-order chi connectivity index (χ1) is 8.16. The summed E-state index contributed by atoms with van der Waals surface area (Å²) in [6, 6.07) is 3.04. The quantitative estimate of drug-likeness (QED) is 0.730. The molecule has 88 valence electrons. The summed E-state index contributed by atoms with van der Waals surface area (Å²) in [4.78, 5) is 15.8. The molecule has 0 bridgehead atoms. The van der Waals surface area contributed by atoms with Gasteiger partial charge in [0, 0.05) is 23.6 Å². The highest BCUT2D eigenvalue weighted by atomic mass is 16.1. The molecule has 0 spiro atoms. The number of H-pyrrole nitrogens is 1. The third kappa shape index (κ3) is 2.60. The second-order valence-corrected chi connectivity index (χ2v) is 3.70. The molecule has 0 fully saturated rings. The van der Waals surface area contributed by atoms with E-state index in [2.05, 4.69) is 20.5 Å². The van der Waals surface area contributed by atoms with Crippen molar-refractivity contribution in [2.24, 2.45) is 0 Å². The third-order valence-corrected chi connectivity index (χ3v) is 2.38. The van der Waals surface area contributed by atoms with Crippen molar-refractivity contribution in [2.75, 3.05) is 5.73 Å². The predicted octanol–water partition coefficient (Wildman–Crippen LogP) is 0.878. The molecule has 0 aliphatic heterocycles. The van der Waals surface area contributed by atoms with Crippen LogP contribution in [0, 0.1) is 0 Å². The molecule has 0 saturated carbocycles. The van der Waals surface area contributed by atoms with Crippen molar-refractivity contribution in [3.8, 4) is 0 Å². The van der Waals surface area contributed by atoms with Crippen LogP contribution in [0.5, 0.6) is 0 Å². The van der Waals surface area contributed by atoms with E-state index in [1.807, 2.05) is 6.92 Å². The zero-order valence-corrected chi connectivity index (χ0v) is 9.34. The van der Waals surface area contributed by atoms with Crippen molar-refractivity contribution >= 4 is 11.6 Å². The van der Waals surface area contributed by atoms with Crippen molar-refractivity contribution < 1.29 is 4.79 Å². The molecule has 0 aromatic carbocycles. The Labute approximate surface area is 98.3 Å². The minimum atomic E-state index is -0.258. The summed E-state index contributed by atoms with van der Waals surface area (Å²) in [6.07, 6.45) is 4.90. The summed E-state index contributed by atoms with van der Waals surface area (Å²) in [6.45, 7) is 1.87. The lowest BCUT2D eigenvalue weighted by atomic mass is 10.2. The molecule has 4 N–H and O–H groups in total. The van der Waals surface area contributed by atoms with E-state index in [4.69, 9.17) is 5.73 Å². The van der Waals surface area contributed by atoms with E-state index in [9.17, 15) is 4.79 Å². The SMILES string of the molecule is CC(NC(=O)c1cc(N)ccn1)c1cn[nH]c1. The Morgan fingerprint density at radius 1 is 1.59 bits per heavy atom. The Bertz CT molecular complexity index is 508. The van der Waals surface area contributed by atoms with Crippen LogP contribution in [-0.2, 0) is 0 Å². The van der Waals surface area contributed by atoms with Crippen LogP contribution in [0.1, 0.15) is 29.0 Å². The monoisotopic (exact) mass is 231 g/mol. The van der Waals surface area contributed by atoms with Gasteiger partial charge < -0.3 is 11.1 Å². The van der Waals surface area contributed by atoms with Gasteiger partial charge in [-0.1, -0.05) is 0 Å². The zero-order chi connectivity index (χ0) is 12.3. The summed E-state index contributed by atoms with van der Waals surface area (Å²) in [5.41, 5.74) is 7.31. The van der Waals surface area contributed by atoms with E-state index in [0.717, 1.165) is 5.56 Å². The summed E-state index contributed by atoms with van der Waals surface area (Å²) in [5.74, 6) is -0.258. The summed E-state index contributed by atoms with van der Waals surface area (Å²) < 4.78 is 0. The first kappa shape index (κ1) is 11.1. The Morgan fingerprint density at radius 2 is 2.41 bits per heavy atom. The minimum absolute atomic E-state index is 0.135. The molecule has 1 amide bonds. The van der Waals surface area contributed by atoms with Gasteiger partial charge in [-0.25, -0.2) is 0 Å². The molecule has 1 atom stereocenters. The molecule has 0 aliphatic carbocycles. The Morgan fingerprint density at radius 3 is 3.06 bits per heavy atom. The van der Waals surface area contributed by atoms with E-state index in [1.165, 1.54) is 12.3 Å². The lowest BCUT2D eigenvalue weighted by Crippen LogP contribution is -2.27. The molecule has 1 unspecified atom stereocenters. The fourth-order valence-corrected chi connectivity index (χ4v) is 1.42. The highest BCUT2D eigenvalue weighted by Crippen LogP contribution is 2.10. The van der Waals surface area contributed by atoms with Gasteiger partial charge >= 0.3 is 0 Å². The Hall–Kier alpha value is -2.37. The molecule has 17 heavy (non-hydrogen) atoms. The van der Waals surface area contributed by atoms with Gasteiger partial charge in [-0.3, -0.25) is 14.9 Å². The topological polar surface area (TPSA) is 96.7 Å². The van der Waals surface area contributed by atoms with E-state index in [1.54, 1.807) is 18.5 Å². The molecular weight excluding hydrogens is 218 g/mol. The molecule has 6 heteroatoms. The number of hydrogen-bond acceptors (Lipinski definition) is 4. The molecule has 0 saturated heterocycles. The predicted molar refractivity (Wildman–Crippen MR) is 63.1 cm³/mol. The van der Waals surface area contributed by atoms with Gasteiger partial charge in [-0.05, 0) is 19.1 Å². The number of aromatic amines is 1. The van der Waals surface area contributed by atoms with Gasteiger partial charge in [0.1, 0.15) is 5.69 Å². The summed E-state index contributed by atoms with van der Waals surface area (Å²) >= 11 is 0. The van der Waals surface area contributed by atoms with E-state index in [0.29, 0.717) is 11.4 Å². The normalized spacial score (nSPS) is 12.1. The number of nitrogens with zero attached hydrogens (tertiary/aromatic N) is 2. The van der Waals surface area contributed by atoms with Gasteiger partial charge in [0.25, 0.3) is 5.91 Å². The van der Waals surface area contributed by atoms with Crippen molar-refractivity contribution in [2.45, 2.75) is 13.0 Å². The van der Waals surface area contributed by atoms with E-state index < -0.39 is 0 Å². The fourth-order valence-electron chi connectivity index (χ4n) is 1.42. The number of nitrogen functional groups attached to an aromatic ring is 1. The third-order valence-electron chi connectivity index (χ3n) is 2.38. The Balaban J connectivity index is 2.07. The van der Waals surface area contributed by atoms with Gasteiger partial charge in [0.2, 0.25) is 0 Å². The van der Waals surface area contributed by atoms with Crippen LogP contribution in [0.3, 0.4) is 0 Å². The van der Waals surface area contributed by atoms with Crippen LogP contribution in [0.4, 0.5) is 5.69 Å². The maximum absolute atomic E-state index is 11.8. The van der Waals surface area contributed by atoms with Gasteiger partial charge in [0.15, 0.2) is 0 Å². The second kappa shape index (κ2) is 4.65. The minimum Gasteiger partial charge on any atom is -0.399 e. The van der Waals surface area contributed by atoms with Crippen LogP contribution >= 0.6 is 0 Å². The number of amides is 1. The van der Waals surface area contributed by atoms with Crippen LogP contribution in [-0.4, -0.2) is 21.1 Å².